The molecule has 0 aromatic heterocycles. The second-order valence-electron chi connectivity index (χ2n) is 6.39. The molecule has 0 heterocycles. The van der Waals surface area contributed by atoms with E-state index in [1.807, 2.05) is 6.92 Å². The number of aliphatic hydroxyl groups excluding tert-OH is 5. The molecule has 6 N–H and O–H groups in total. The third kappa shape index (κ3) is 5.94. The van der Waals surface area contributed by atoms with Crippen LogP contribution in [-0.2, 0) is 9.53 Å². The minimum absolute atomic E-state index is 0.113. The Labute approximate surface area is 142 Å². The zero-order chi connectivity index (χ0) is 18.3. The monoisotopic (exact) mass is 349 g/mol. The Morgan fingerprint density at radius 3 is 2.42 bits per heavy atom. The molecule has 142 valence electrons. The standard InChI is InChI=1S/C16H31NO7/c1-3-5-13(20)17-9(14(21)10(18)4-2)8-24-12-7-6-11(19)15(22)16(12)23/h9-12,14-16,18-19,21-23H,3-8H2,1-2H3,(H,17,20). The summed E-state index contributed by atoms with van der Waals surface area (Å²) >= 11 is 0. The lowest BCUT2D eigenvalue weighted by atomic mass is 9.89. The van der Waals surface area contributed by atoms with Crippen LogP contribution in [0.2, 0.25) is 0 Å². The van der Waals surface area contributed by atoms with Gasteiger partial charge in [0.15, 0.2) is 0 Å². The molecule has 0 radical (unpaired) electrons. The molecule has 1 saturated carbocycles. The molecule has 0 aliphatic heterocycles. The number of rotatable bonds is 9. The van der Waals surface area contributed by atoms with E-state index in [0.717, 1.165) is 0 Å². The van der Waals surface area contributed by atoms with Crippen LogP contribution in [0.3, 0.4) is 0 Å². The maximum absolute atomic E-state index is 11.8. The number of ether oxygens (including phenoxy) is 1. The van der Waals surface area contributed by atoms with Crippen molar-refractivity contribution in [2.75, 3.05) is 6.61 Å². The van der Waals surface area contributed by atoms with Crippen LogP contribution in [0.15, 0.2) is 0 Å². The van der Waals surface area contributed by atoms with Gasteiger partial charge < -0.3 is 35.6 Å². The van der Waals surface area contributed by atoms with E-state index in [4.69, 9.17) is 4.74 Å². The molecule has 24 heavy (non-hydrogen) atoms. The van der Waals surface area contributed by atoms with Crippen molar-refractivity contribution in [3.05, 3.63) is 0 Å². The van der Waals surface area contributed by atoms with Crippen LogP contribution in [0, 0.1) is 0 Å². The van der Waals surface area contributed by atoms with E-state index in [9.17, 15) is 30.3 Å². The maximum atomic E-state index is 11.8. The third-order valence-corrected chi connectivity index (χ3v) is 4.41. The van der Waals surface area contributed by atoms with Gasteiger partial charge in [-0.05, 0) is 25.7 Å². The van der Waals surface area contributed by atoms with Crippen LogP contribution in [0.5, 0.6) is 0 Å². The molecule has 1 fully saturated rings. The summed E-state index contributed by atoms with van der Waals surface area (Å²) in [7, 11) is 0. The first-order valence-electron chi connectivity index (χ1n) is 8.63. The van der Waals surface area contributed by atoms with E-state index in [0.29, 0.717) is 25.7 Å². The van der Waals surface area contributed by atoms with Crippen molar-refractivity contribution in [2.24, 2.45) is 0 Å². The van der Waals surface area contributed by atoms with Gasteiger partial charge in [0.2, 0.25) is 5.91 Å². The average molecular weight is 349 g/mol. The van der Waals surface area contributed by atoms with Crippen LogP contribution in [0.4, 0.5) is 0 Å². The Bertz CT molecular complexity index is 381. The Balaban J connectivity index is 2.65. The first-order valence-corrected chi connectivity index (χ1v) is 8.63. The second-order valence-corrected chi connectivity index (χ2v) is 6.39. The predicted octanol–water partition coefficient (Wildman–Crippen LogP) is -1.34. The number of carbonyl (C=O) groups excluding carboxylic acids is 1. The number of carbonyl (C=O) groups is 1. The van der Waals surface area contributed by atoms with Crippen LogP contribution in [0.25, 0.3) is 0 Å². The van der Waals surface area contributed by atoms with Gasteiger partial charge in [-0.2, -0.15) is 0 Å². The predicted molar refractivity (Wildman–Crippen MR) is 86.1 cm³/mol. The van der Waals surface area contributed by atoms with Gasteiger partial charge in [-0.1, -0.05) is 13.8 Å². The van der Waals surface area contributed by atoms with Crippen molar-refractivity contribution in [3.8, 4) is 0 Å². The molecule has 1 aliphatic rings. The largest absolute Gasteiger partial charge is 0.390 e. The molecule has 0 bridgehead atoms. The molecule has 1 amide bonds. The van der Waals surface area contributed by atoms with Gasteiger partial charge in [0.1, 0.15) is 18.3 Å². The number of amides is 1. The second kappa shape index (κ2) is 10.3. The molecule has 0 aromatic rings. The molecular weight excluding hydrogens is 318 g/mol. The minimum atomic E-state index is -1.29. The van der Waals surface area contributed by atoms with Crippen molar-refractivity contribution < 1.29 is 35.1 Å². The number of nitrogens with one attached hydrogen (secondary N) is 1. The van der Waals surface area contributed by atoms with Crippen molar-refractivity contribution in [2.45, 2.75) is 88.6 Å². The molecule has 1 rings (SSSR count). The number of hydrogen-bond donors (Lipinski definition) is 6. The highest BCUT2D eigenvalue weighted by Crippen LogP contribution is 2.23. The minimum Gasteiger partial charge on any atom is -0.390 e. The lowest BCUT2D eigenvalue weighted by Crippen LogP contribution is -2.54. The number of aliphatic hydroxyl groups is 5. The van der Waals surface area contributed by atoms with E-state index in [2.05, 4.69) is 5.32 Å². The molecule has 8 heteroatoms. The normalized spacial score (nSPS) is 31.3. The molecular formula is C16H31NO7. The van der Waals surface area contributed by atoms with E-state index < -0.39 is 42.7 Å². The van der Waals surface area contributed by atoms with E-state index in [1.165, 1.54) is 0 Å². The smallest absolute Gasteiger partial charge is 0.220 e. The van der Waals surface area contributed by atoms with E-state index >= 15 is 0 Å². The molecule has 7 atom stereocenters. The van der Waals surface area contributed by atoms with Crippen LogP contribution >= 0.6 is 0 Å². The van der Waals surface area contributed by atoms with Gasteiger partial charge in [0.05, 0.1) is 31.0 Å². The summed E-state index contributed by atoms with van der Waals surface area (Å²) in [4.78, 5) is 11.8. The zero-order valence-corrected chi connectivity index (χ0v) is 14.3. The molecule has 0 spiro atoms. The van der Waals surface area contributed by atoms with Crippen molar-refractivity contribution in [1.29, 1.82) is 0 Å². The summed E-state index contributed by atoms with van der Waals surface area (Å²) in [6, 6.07) is -0.824. The van der Waals surface area contributed by atoms with E-state index in [-0.39, 0.29) is 18.9 Å². The SMILES string of the molecule is CCCC(=O)NC(COC1CCC(O)C(O)C1O)C(O)C(O)CC. The Kier molecular flexibility index (Phi) is 9.11. The summed E-state index contributed by atoms with van der Waals surface area (Å²) in [5.74, 6) is -0.256. The topological polar surface area (TPSA) is 139 Å². The van der Waals surface area contributed by atoms with Gasteiger partial charge in [-0.15, -0.1) is 0 Å². The lowest BCUT2D eigenvalue weighted by molar-refractivity contribution is -0.159. The highest BCUT2D eigenvalue weighted by molar-refractivity contribution is 5.76. The van der Waals surface area contributed by atoms with Gasteiger partial charge in [0, 0.05) is 6.42 Å². The van der Waals surface area contributed by atoms with Gasteiger partial charge in [-0.25, -0.2) is 0 Å². The average Bonchev–Trinajstić information content (AvgIpc) is 2.56. The Morgan fingerprint density at radius 1 is 1.17 bits per heavy atom. The van der Waals surface area contributed by atoms with Crippen LogP contribution in [-0.4, -0.2) is 80.7 Å². The first kappa shape index (κ1) is 21.3. The van der Waals surface area contributed by atoms with Crippen molar-refractivity contribution in [3.63, 3.8) is 0 Å². The van der Waals surface area contributed by atoms with Crippen LogP contribution in [0.1, 0.15) is 46.0 Å². The third-order valence-electron chi connectivity index (χ3n) is 4.41. The first-order chi connectivity index (χ1) is 11.3. The molecule has 0 aromatic carbocycles. The fourth-order valence-electron chi connectivity index (χ4n) is 2.77. The van der Waals surface area contributed by atoms with Crippen molar-refractivity contribution >= 4 is 5.91 Å². The van der Waals surface area contributed by atoms with Gasteiger partial charge in [-0.3, -0.25) is 4.79 Å². The number of hydrogen-bond acceptors (Lipinski definition) is 7. The lowest BCUT2D eigenvalue weighted by Gasteiger charge is -2.36. The molecule has 1 aliphatic carbocycles. The van der Waals surface area contributed by atoms with E-state index in [1.54, 1.807) is 6.92 Å². The fourth-order valence-corrected chi connectivity index (χ4v) is 2.77. The Hall–Kier alpha value is -0.770. The van der Waals surface area contributed by atoms with Crippen LogP contribution < -0.4 is 5.32 Å². The molecule has 7 unspecified atom stereocenters. The fraction of sp³-hybridized carbons (Fsp3) is 0.938. The summed E-state index contributed by atoms with van der Waals surface area (Å²) in [6.07, 6.45) is -4.55. The zero-order valence-electron chi connectivity index (χ0n) is 14.3. The molecule has 0 saturated heterocycles. The Morgan fingerprint density at radius 2 is 1.83 bits per heavy atom. The quantitative estimate of drug-likeness (QED) is 0.303. The van der Waals surface area contributed by atoms with Gasteiger partial charge >= 0.3 is 0 Å². The summed E-state index contributed by atoms with van der Waals surface area (Å²) in [6.45, 7) is 3.45. The van der Waals surface area contributed by atoms with Crippen molar-refractivity contribution in [1.82, 2.24) is 5.32 Å². The maximum Gasteiger partial charge on any atom is 0.220 e. The summed E-state index contributed by atoms with van der Waals surface area (Å²) < 4.78 is 5.56. The highest BCUT2D eigenvalue weighted by atomic mass is 16.5. The summed E-state index contributed by atoms with van der Waals surface area (Å²) in [5, 5.41) is 51.8. The van der Waals surface area contributed by atoms with Gasteiger partial charge in [0.25, 0.3) is 0 Å². The molecule has 8 nitrogen and oxygen atoms in total. The summed E-state index contributed by atoms with van der Waals surface area (Å²) in [5.41, 5.74) is 0. The highest BCUT2D eigenvalue weighted by Gasteiger charge is 2.38.